The van der Waals surface area contributed by atoms with E-state index in [0.29, 0.717) is 16.4 Å². The van der Waals surface area contributed by atoms with Crippen molar-refractivity contribution in [2.45, 2.75) is 6.92 Å². The number of hydrogen-bond acceptors (Lipinski definition) is 6. The van der Waals surface area contributed by atoms with Gasteiger partial charge in [0.1, 0.15) is 5.75 Å². The number of nitro benzene ring substituents is 1. The second-order valence-electron chi connectivity index (χ2n) is 5.51. The molecular weight excluding hydrogens is 374 g/mol. The van der Waals surface area contributed by atoms with Crippen LogP contribution in [-0.4, -0.2) is 32.9 Å². The fraction of sp³-hybridized carbons (Fsp3) is 0.118. The molecule has 1 N–H and O–H groups in total. The van der Waals surface area contributed by atoms with Gasteiger partial charge in [-0.2, -0.15) is 0 Å². The second-order valence-corrected chi connectivity index (χ2v) is 5.94. The van der Waals surface area contributed by atoms with Gasteiger partial charge in [-0.15, -0.1) is 5.10 Å². The Labute approximate surface area is 158 Å². The number of hydrogen-bond donors (Lipinski definition) is 1. The number of anilines is 1. The van der Waals surface area contributed by atoms with E-state index in [2.05, 4.69) is 15.6 Å². The summed E-state index contributed by atoms with van der Waals surface area (Å²) in [5.74, 6) is -0.347. The molecule has 27 heavy (non-hydrogen) atoms. The van der Waals surface area contributed by atoms with Crippen molar-refractivity contribution in [2.75, 3.05) is 12.4 Å². The summed E-state index contributed by atoms with van der Waals surface area (Å²) in [6.07, 6.45) is 0. The van der Waals surface area contributed by atoms with Crippen LogP contribution in [0.1, 0.15) is 16.2 Å². The van der Waals surface area contributed by atoms with Crippen molar-refractivity contribution < 1.29 is 14.5 Å². The summed E-state index contributed by atoms with van der Waals surface area (Å²) in [6, 6.07) is 10.8. The van der Waals surface area contributed by atoms with E-state index >= 15 is 0 Å². The van der Waals surface area contributed by atoms with Crippen LogP contribution in [0.4, 0.5) is 11.4 Å². The molecule has 0 unspecified atom stereocenters. The van der Waals surface area contributed by atoms with E-state index in [1.165, 1.54) is 30.0 Å². The summed E-state index contributed by atoms with van der Waals surface area (Å²) in [5.41, 5.74) is 1.49. The number of nitrogens with one attached hydrogen (secondary N) is 1. The Morgan fingerprint density at radius 2 is 1.96 bits per heavy atom. The van der Waals surface area contributed by atoms with E-state index in [1.54, 1.807) is 31.2 Å². The highest BCUT2D eigenvalue weighted by Crippen LogP contribution is 2.29. The number of rotatable bonds is 5. The van der Waals surface area contributed by atoms with Crippen LogP contribution in [0.3, 0.4) is 0 Å². The largest absolute Gasteiger partial charge is 0.494 e. The maximum absolute atomic E-state index is 12.6. The van der Waals surface area contributed by atoms with Crippen LogP contribution in [-0.2, 0) is 0 Å². The Balaban J connectivity index is 1.87. The topological polar surface area (TPSA) is 112 Å². The minimum Gasteiger partial charge on any atom is -0.494 e. The third kappa shape index (κ3) is 3.72. The molecule has 3 rings (SSSR count). The lowest BCUT2D eigenvalue weighted by Gasteiger charge is -2.09. The number of carbonyl (C=O) groups excluding carboxylic acids is 1. The van der Waals surface area contributed by atoms with Crippen molar-refractivity contribution in [1.29, 1.82) is 0 Å². The zero-order chi connectivity index (χ0) is 19.6. The number of ether oxygens (including phenoxy) is 1. The molecule has 0 radical (unpaired) electrons. The van der Waals surface area contributed by atoms with Crippen LogP contribution >= 0.6 is 11.6 Å². The predicted octanol–water partition coefficient (Wildman–Crippen LogP) is 3.40. The van der Waals surface area contributed by atoms with Crippen LogP contribution in [0.15, 0.2) is 42.5 Å². The van der Waals surface area contributed by atoms with Crippen molar-refractivity contribution in [3.05, 3.63) is 69.0 Å². The molecule has 0 atom stereocenters. The third-order valence-electron chi connectivity index (χ3n) is 3.82. The lowest BCUT2D eigenvalue weighted by Crippen LogP contribution is -2.15. The fourth-order valence-corrected chi connectivity index (χ4v) is 2.57. The molecule has 0 saturated carbocycles. The Bertz CT molecular complexity index is 1020. The Kier molecular flexibility index (Phi) is 5.04. The van der Waals surface area contributed by atoms with Gasteiger partial charge in [0.05, 0.1) is 35.2 Å². The smallest absolute Gasteiger partial charge is 0.278 e. The number of carbonyl (C=O) groups is 1. The van der Waals surface area contributed by atoms with Crippen molar-refractivity contribution in [2.24, 2.45) is 0 Å². The highest BCUT2D eigenvalue weighted by Gasteiger charge is 2.20. The first kappa shape index (κ1) is 18.3. The normalized spacial score (nSPS) is 10.5. The van der Waals surface area contributed by atoms with Crippen LogP contribution in [0, 0.1) is 17.0 Å². The first-order chi connectivity index (χ1) is 12.9. The van der Waals surface area contributed by atoms with Gasteiger partial charge in [-0.25, -0.2) is 4.68 Å². The lowest BCUT2D eigenvalue weighted by molar-refractivity contribution is -0.384. The van der Waals surface area contributed by atoms with Crippen LogP contribution < -0.4 is 10.1 Å². The minimum atomic E-state index is -0.546. The van der Waals surface area contributed by atoms with Crippen LogP contribution in [0.25, 0.3) is 5.69 Å². The molecule has 138 valence electrons. The molecule has 1 heterocycles. The third-order valence-corrected chi connectivity index (χ3v) is 4.08. The zero-order valence-electron chi connectivity index (χ0n) is 14.3. The molecule has 0 bridgehead atoms. The van der Waals surface area contributed by atoms with Gasteiger partial charge in [0.2, 0.25) is 0 Å². The van der Waals surface area contributed by atoms with E-state index in [1.807, 2.05) is 0 Å². The molecule has 3 aromatic rings. The number of nitro groups is 1. The van der Waals surface area contributed by atoms with Crippen molar-refractivity contribution >= 4 is 28.9 Å². The maximum atomic E-state index is 12.6. The number of non-ortho nitro benzene ring substituents is 1. The van der Waals surface area contributed by atoms with Crippen molar-refractivity contribution in [1.82, 2.24) is 15.0 Å². The summed E-state index contributed by atoms with van der Waals surface area (Å²) in [6.45, 7) is 1.70. The highest BCUT2D eigenvalue weighted by atomic mass is 35.5. The predicted molar refractivity (Wildman–Crippen MR) is 98.7 cm³/mol. The molecule has 0 spiro atoms. The van der Waals surface area contributed by atoms with Gasteiger partial charge >= 0.3 is 0 Å². The number of benzene rings is 2. The molecule has 2 aromatic carbocycles. The summed E-state index contributed by atoms with van der Waals surface area (Å²) in [4.78, 5) is 22.9. The lowest BCUT2D eigenvalue weighted by atomic mass is 10.2. The molecule has 1 amide bonds. The quantitative estimate of drug-likeness (QED) is 0.530. The van der Waals surface area contributed by atoms with Gasteiger partial charge in [-0.1, -0.05) is 16.8 Å². The molecule has 1 aromatic heterocycles. The van der Waals surface area contributed by atoms with Gasteiger partial charge in [-0.05, 0) is 37.3 Å². The number of nitrogens with zero attached hydrogens (tertiary/aromatic N) is 4. The SMILES string of the molecule is COc1cc([N+](=O)[O-])ccc1NC(=O)c1nnn(-c2ccc(Cl)cc2)c1C. The van der Waals surface area contributed by atoms with Crippen LogP contribution in [0.5, 0.6) is 5.75 Å². The van der Waals surface area contributed by atoms with Gasteiger partial charge in [0.15, 0.2) is 5.69 Å². The average Bonchev–Trinajstić information content (AvgIpc) is 3.04. The molecule has 0 aliphatic carbocycles. The molecule has 0 aliphatic rings. The second kappa shape index (κ2) is 7.42. The number of amides is 1. The molecular formula is C17H14ClN5O4. The summed E-state index contributed by atoms with van der Waals surface area (Å²) in [5, 5.41) is 22.0. The summed E-state index contributed by atoms with van der Waals surface area (Å²) < 4.78 is 6.63. The van der Waals surface area contributed by atoms with E-state index in [-0.39, 0.29) is 22.8 Å². The maximum Gasteiger partial charge on any atom is 0.278 e. The van der Waals surface area contributed by atoms with E-state index in [4.69, 9.17) is 16.3 Å². The van der Waals surface area contributed by atoms with Crippen molar-refractivity contribution in [3.63, 3.8) is 0 Å². The van der Waals surface area contributed by atoms with E-state index < -0.39 is 10.8 Å². The van der Waals surface area contributed by atoms with Crippen LogP contribution in [0.2, 0.25) is 5.02 Å². The molecule has 9 nitrogen and oxygen atoms in total. The number of halogens is 1. The zero-order valence-corrected chi connectivity index (χ0v) is 15.1. The number of aromatic nitrogens is 3. The first-order valence-corrected chi connectivity index (χ1v) is 8.10. The summed E-state index contributed by atoms with van der Waals surface area (Å²) >= 11 is 5.88. The van der Waals surface area contributed by atoms with Crippen molar-refractivity contribution in [3.8, 4) is 11.4 Å². The van der Waals surface area contributed by atoms with E-state index in [9.17, 15) is 14.9 Å². The van der Waals surface area contributed by atoms with Gasteiger partial charge in [0, 0.05) is 11.1 Å². The van der Waals surface area contributed by atoms with Gasteiger partial charge in [0.25, 0.3) is 11.6 Å². The first-order valence-electron chi connectivity index (χ1n) is 7.72. The van der Waals surface area contributed by atoms with E-state index in [0.717, 1.165) is 0 Å². The average molecular weight is 388 g/mol. The minimum absolute atomic E-state index is 0.116. The molecule has 0 saturated heterocycles. The summed E-state index contributed by atoms with van der Waals surface area (Å²) in [7, 11) is 1.36. The Hall–Kier alpha value is -3.46. The monoisotopic (exact) mass is 387 g/mol. The molecule has 0 aliphatic heterocycles. The highest BCUT2D eigenvalue weighted by molar-refractivity contribution is 6.30. The molecule has 10 heteroatoms. The standard InChI is InChI=1S/C17H14ClN5O4/c1-10-16(20-21-22(10)12-5-3-11(18)4-6-12)17(24)19-14-8-7-13(23(25)26)9-15(14)27-2/h3-9H,1-2H3,(H,19,24). The number of methoxy groups -OCH3 is 1. The fourth-order valence-electron chi connectivity index (χ4n) is 2.44. The van der Waals surface area contributed by atoms with Gasteiger partial charge < -0.3 is 10.1 Å². The Morgan fingerprint density at radius 3 is 2.59 bits per heavy atom. The Morgan fingerprint density at radius 1 is 1.26 bits per heavy atom. The van der Waals surface area contributed by atoms with Gasteiger partial charge in [-0.3, -0.25) is 14.9 Å². The molecule has 0 fully saturated rings.